The average molecular weight is 217 g/mol. The van der Waals surface area contributed by atoms with E-state index in [0.29, 0.717) is 4.13 Å². The fourth-order valence-corrected chi connectivity index (χ4v) is 1.20. The Kier molecular flexibility index (Phi) is 6.21. The van der Waals surface area contributed by atoms with Crippen molar-refractivity contribution >= 4 is 72.0 Å². The molecule has 0 heterocycles. The van der Waals surface area contributed by atoms with Crippen molar-refractivity contribution in [3.05, 3.63) is 0 Å². The zero-order valence-corrected chi connectivity index (χ0v) is 5.48. The van der Waals surface area contributed by atoms with Crippen LogP contribution in [-0.4, -0.2) is 77.3 Å². The van der Waals surface area contributed by atoms with Crippen LogP contribution in [0.25, 0.3) is 0 Å². The first kappa shape index (κ1) is 14.0. The van der Waals surface area contributed by atoms with Gasteiger partial charge in [-0.1, -0.05) is 4.13 Å². The van der Waals surface area contributed by atoms with Crippen LogP contribution in [0.1, 0.15) is 0 Å². The summed E-state index contributed by atoms with van der Waals surface area (Å²) in [5.41, 5.74) is 0. The van der Waals surface area contributed by atoms with Crippen molar-refractivity contribution in [1.29, 1.82) is 0 Å². The molecule has 0 aliphatic rings. The van der Waals surface area contributed by atoms with Crippen LogP contribution < -0.4 is 4.13 Å². The van der Waals surface area contributed by atoms with Crippen LogP contribution in [0.5, 0.6) is 0 Å². The number of hydrogen-bond acceptors (Lipinski definition) is 4. The fraction of sp³-hybridized carbons (Fsp3) is 0. The van der Waals surface area contributed by atoms with E-state index in [1.165, 1.54) is 0 Å². The minimum atomic E-state index is -4.87. The van der Waals surface area contributed by atoms with Gasteiger partial charge in [0.1, 0.15) is 0 Å². The van der Waals surface area contributed by atoms with Crippen molar-refractivity contribution in [2.75, 3.05) is 0 Å². The second-order valence-electron chi connectivity index (χ2n) is 1.03. The Morgan fingerprint density at radius 3 is 1.10 bits per heavy atom. The maximum absolute atomic E-state index is 9.55. The summed E-state index contributed by atoms with van der Waals surface area (Å²) in [6.45, 7) is 0. The number of nitrogens with one attached hydrogen (secondary N) is 1. The molecule has 0 saturated heterocycles. The van der Waals surface area contributed by atoms with Crippen molar-refractivity contribution in [3.63, 3.8) is 0 Å². The van der Waals surface area contributed by atoms with E-state index in [9.17, 15) is 16.8 Å². The summed E-state index contributed by atoms with van der Waals surface area (Å²) in [7, 11) is -9.74. The molecule has 0 aromatic heterocycles. The molecule has 0 saturated carbocycles. The van der Waals surface area contributed by atoms with E-state index in [1.54, 1.807) is 0 Å². The summed E-state index contributed by atoms with van der Waals surface area (Å²) in [6.07, 6.45) is 0. The standard InChI is InChI=1S/K.H3NO6S2.H/c;2-8(3,4)1-9(5,6)7;/h;1H,(H,2,3,4)(H,5,6,7);. The molecule has 10 heavy (non-hydrogen) atoms. The van der Waals surface area contributed by atoms with Crippen LogP contribution >= 0.6 is 0 Å². The molecule has 0 rings (SSSR count). The summed E-state index contributed by atoms with van der Waals surface area (Å²) >= 11 is 0. The van der Waals surface area contributed by atoms with Gasteiger partial charge in [0.25, 0.3) is 0 Å². The quantitative estimate of drug-likeness (QED) is 0.348. The third-order valence-electron chi connectivity index (χ3n) is 0.211. The Hall–Kier alpha value is 1.42. The predicted octanol–water partition coefficient (Wildman–Crippen LogP) is -2.47. The van der Waals surface area contributed by atoms with Gasteiger partial charge in [0.2, 0.25) is 0 Å². The second kappa shape index (κ2) is 4.44. The van der Waals surface area contributed by atoms with Gasteiger partial charge in [-0.05, 0) is 0 Å². The molecule has 0 spiro atoms. The van der Waals surface area contributed by atoms with Crippen LogP contribution in [-0.2, 0) is 20.6 Å². The molecule has 0 atom stereocenters. The van der Waals surface area contributed by atoms with E-state index in [-0.39, 0.29) is 51.4 Å². The average Bonchev–Trinajstić information content (AvgIpc) is 1.14. The van der Waals surface area contributed by atoms with Crippen LogP contribution in [0.3, 0.4) is 0 Å². The van der Waals surface area contributed by atoms with Gasteiger partial charge >= 0.3 is 72.0 Å². The van der Waals surface area contributed by atoms with Gasteiger partial charge in [-0.2, -0.15) is 16.8 Å². The van der Waals surface area contributed by atoms with E-state index in [1.807, 2.05) is 0 Å². The van der Waals surface area contributed by atoms with Crippen molar-refractivity contribution in [3.8, 4) is 0 Å². The normalized spacial score (nSPS) is 12.2. The Balaban J connectivity index is 0. The number of rotatable bonds is 2. The molecule has 0 bridgehead atoms. The predicted molar refractivity (Wildman–Crippen MR) is 33.4 cm³/mol. The first-order chi connectivity index (χ1) is 3.71. The summed E-state index contributed by atoms with van der Waals surface area (Å²) in [6, 6.07) is 0. The molecule has 0 unspecified atom stereocenters. The first-order valence-corrected chi connectivity index (χ1v) is 4.32. The van der Waals surface area contributed by atoms with Gasteiger partial charge in [0.05, 0.1) is 0 Å². The molecular formula is H4KNO6S2. The first-order valence-electron chi connectivity index (χ1n) is 1.44. The van der Waals surface area contributed by atoms with Gasteiger partial charge in [0, 0.05) is 0 Å². The maximum atomic E-state index is 9.55. The van der Waals surface area contributed by atoms with Crippen LogP contribution in [0.4, 0.5) is 0 Å². The summed E-state index contributed by atoms with van der Waals surface area (Å²) in [5, 5.41) is 0. The molecule has 7 nitrogen and oxygen atoms in total. The molecule has 58 valence electrons. The van der Waals surface area contributed by atoms with E-state index in [4.69, 9.17) is 9.11 Å². The third-order valence-corrected chi connectivity index (χ3v) is 1.90. The second-order valence-corrected chi connectivity index (χ2v) is 3.60. The van der Waals surface area contributed by atoms with E-state index < -0.39 is 20.6 Å². The molecule has 0 radical (unpaired) electrons. The molecule has 0 aromatic rings. The van der Waals surface area contributed by atoms with Gasteiger partial charge in [0.15, 0.2) is 0 Å². The van der Waals surface area contributed by atoms with Crippen molar-refractivity contribution in [2.45, 2.75) is 0 Å². The van der Waals surface area contributed by atoms with Crippen LogP contribution in [0.2, 0.25) is 0 Å². The van der Waals surface area contributed by atoms with Crippen molar-refractivity contribution in [1.82, 2.24) is 4.13 Å². The zero-order chi connectivity index (χ0) is 7.71. The Labute approximate surface area is 100 Å². The Morgan fingerprint density at radius 2 is 1.10 bits per heavy atom. The number of hydrogen-bond donors (Lipinski definition) is 3. The summed E-state index contributed by atoms with van der Waals surface area (Å²) in [4.78, 5) is 0. The molecule has 0 fully saturated rings. The minimum absolute atomic E-state index is 0. The van der Waals surface area contributed by atoms with E-state index in [0.717, 1.165) is 0 Å². The fourth-order valence-electron chi connectivity index (χ4n) is 0.133. The molecular weight excluding hydrogens is 213 g/mol. The molecule has 0 aliphatic carbocycles. The van der Waals surface area contributed by atoms with Gasteiger partial charge in [-0.3, -0.25) is 9.11 Å². The van der Waals surface area contributed by atoms with Gasteiger partial charge in [-0.25, -0.2) is 0 Å². The van der Waals surface area contributed by atoms with E-state index >= 15 is 0 Å². The SMILES string of the molecule is O=S(=O)(O)NS(=O)(=O)O.[KH]. The molecule has 0 amide bonds. The van der Waals surface area contributed by atoms with Crippen LogP contribution in [0, 0.1) is 0 Å². The molecule has 10 heteroatoms. The Bertz CT molecular complexity index is 241. The Morgan fingerprint density at radius 1 is 0.900 bits per heavy atom. The van der Waals surface area contributed by atoms with Crippen molar-refractivity contribution in [2.24, 2.45) is 0 Å². The molecule has 0 aromatic carbocycles. The van der Waals surface area contributed by atoms with Crippen molar-refractivity contribution < 1.29 is 25.9 Å². The van der Waals surface area contributed by atoms with Gasteiger partial charge < -0.3 is 0 Å². The third kappa shape index (κ3) is 12.1. The van der Waals surface area contributed by atoms with E-state index in [2.05, 4.69) is 0 Å². The topological polar surface area (TPSA) is 121 Å². The monoisotopic (exact) mass is 217 g/mol. The molecule has 0 aliphatic heterocycles. The summed E-state index contributed by atoms with van der Waals surface area (Å²) in [5.74, 6) is 0. The van der Waals surface area contributed by atoms with Crippen LogP contribution in [0.15, 0.2) is 0 Å². The zero-order valence-electron chi connectivity index (χ0n) is 3.84. The summed E-state index contributed by atoms with van der Waals surface area (Å²) < 4.78 is 54.1. The van der Waals surface area contributed by atoms with Gasteiger partial charge in [-0.15, -0.1) is 0 Å². The molecule has 3 N–H and O–H groups in total.